The summed E-state index contributed by atoms with van der Waals surface area (Å²) in [7, 11) is 0. The molecule has 1 saturated carbocycles. The molecule has 0 amide bonds. The van der Waals surface area contributed by atoms with Crippen molar-refractivity contribution >= 4 is 0 Å². The van der Waals surface area contributed by atoms with E-state index in [0.29, 0.717) is 0 Å². The number of pyridine rings is 1. The van der Waals surface area contributed by atoms with Gasteiger partial charge in [-0.25, -0.2) is 4.98 Å². The zero-order valence-corrected chi connectivity index (χ0v) is 16.1. The van der Waals surface area contributed by atoms with E-state index < -0.39 is 0 Å². The first kappa shape index (κ1) is 17.7. The molecule has 1 aliphatic heterocycles. The van der Waals surface area contributed by atoms with Gasteiger partial charge in [0, 0.05) is 42.4 Å². The number of hydrogen-bond donors (Lipinski definition) is 0. The maximum absolute atomic E-state index is 4.66. The van der Waals surface area contributed by atoms with Gasteiger partial charge in [0.15, 0.2) is 0 Å². The Labute approximate surface area is 157 Å². The van der Waals surface area contributed by atoms with Gasteiger partial charge in [0.05, 0.1) is 0 Å². The van der Waals surface area contributed by atoms with Crippen LogP contribution in [0.5, 0.6) is 0 Å². The molecule has 2 aliphatic rings. The largest absolute Gasteiger partial charge is 0.328 e. The van der Waals surface area contributed by atoms with Crippen LogP contribution in [0, 0.1) is 12.8 Å². The molecule has 2 fully saturated rings. The number of nitrogens with zero attached hydrogens (tertiary/aromatic N) is 4. The first-order valence-corrected chi connectivity index (χ1v) is 10.5. The van der Waals surface area contributed by atoms with Gasteiger partial charge in [-0.05, 0) is 63.7 Å². The minimum Gasteiger partial charge on any atom is -0.328 e. The number of hydrogen-bond acceptors (Lipinski definition) is 3. The highest BCUT2D eigenvalue weighted by atomic mass is 15.2. The molecule has 2 aromatic heterocycles. The fraction of sp³-hybridized carbons (Fsp3) is 0.636. The minimum atomic E-state index is 0.764. The van der Waals surface area contributed by atoms with E-state index in [-0.39, 0.29) is 0 Å². The van der Waals surface area contributed by atoms with E-state index in [4.69, 9.17) is 0 Å². The van der Waals surface area contributed by atoms with Crippen LogP contribution in [0.2, 0.25) is 0 Å². The number of aromatic nitrogens is 3. The fourth-order valence-electron chi connectivity index (χ4n) is 4.80. The third-order valence-corrected chi connectivity index (χ3v) is 6.41. The van der Waals surface area contributed by atoms with Crippen LogP contribution in [0.3, 0.4) is 0 Å². The highest BCUT2D eigenvalue weighted by Gasteiger charge is 2.26. The molecule has 0 radical (unpaired) electrons. The van der Waals surface area contributed by atoms with Gasteiger partial charge in [-0.15, -0.1) is 0 Å². The Balaban J connectivity index is 1.38. The SMILES string of the molecule is Cc1cnc(-c2cccnc2)n1CC1CCN(C2CCCCCC2)CC1. The van der Waals surface area contributed by atoms with E-state index in [0.717, 1.165) is 29.9 Å². The van der Waals surface area contributed by atoms with E-state index in [9.17, 15) is 0 Å². The monoisotopic (exact) mass is 352 g/mol. The average Bonchev–Trinajstić information content (AvgIpc) is 2.89. The third kappa shape index (κ3) is 4.01. The molecule has 4 nitrogen and oxygen atoms in total. The fourth-order valence-corrected chi connectivity index (χ4v) is 4.80. The molecule has 0 spiro atoms. The molecule has 0 atom stereocenters. The van der Waals surface area contributed by atoms with Gasteiger partial charge in [0.2, 0.25) is 0 Å². The van der Waals surface area contributed by atoms with E-state index in [2.05, 4.69) is 32.4 Å². The van der Waals surface area contributed by atoms with E-state index in [1.165, 1.54) is 70.2 Å². The van der Waals surface area contributed by atoms with Crippen LogP contribution in [0.25, 0.3) is 11.4 Å². The van der Waals surface area contributed by atoms with E-state index >= 15 is 0 Å². The van der Waals surface area contributed by atoms with Crippen LogP contribution in [0.1, 0.15) is 57.1 Å². The molecule has 0 unspecified atom stereocenters. The molecule has 1 saturated heterocycles. The maximum Gasteiger partial charge on any atom is 0.141 e. The third-order valence-electron chi connectivity index (χ3n) is 6.41. The van der Waals surface area contributed by atoms with Crippen molar-refractivity contribution in [3.05, 3.63) is 36.4 Å². The minimum absolute atomic E-state index is 0.764. The van der Waals surface area contributed by atoms with Crippen molar-refractivity contribution in [1.29, 1.82) is 0 Å². The van der Waals surface area contributed by atoms with Gasteiger partial charge in [0.25, 0.3) is 0 Å². The second-order valence-electron chi connectivity index (χ2n) is 8.20. The molecule has 4 rings (SSSR count). The summed E-state index contributed by atoms with van der Waals surface area (Å²) in [5.41, 5.74) is 2.38. The molecule has 1 aliphatic carbocycles. The van der Waals surface area contributed by atoms with Crippen LogP contribution < -0.4 is 0 Å². The molecule has 0 N–H and O–H groups in total. The summed E-state index contributed by atoms with van der Waals surface area (Å²) in [6.07, 6.45) is 17.0. The van der Waals surface area contributed by atoms with Crippen molar-refractivity contribution < 1.29 is 0 Å². The molecular formula is C22H32N4. The number of rotatable bonds is 4. The average molecular weight is 353 g/mol. The Morgan fingerprint density at radius 1 is 1.00 bits per heavy atom. The number of aryl methyl sites for hydroxylation is 1. The van der Waals surface area contributed by atoms with Gasteiger partial charge in [-0.2, -0.15) is 0 Å². The predicted molar refractivity (Wildman–Crippen MR) is 106 cm³/mol. The maximum atomic E-state index is 4.66. The van der Waals surface area contributed by atoms with Crippen LogP contribution in [-0.4, -0.2) is 38.6 Å². The summed E-state index contributed by atoms with van der Waals surface area (Å²) in [6, 6.07) is 4.97. The molecule has 2 aromatic rings. The summed E-state index contributed by atoms with van der Waals surface area (Å²) < 4.78 is 2.41. The zero-order chi connectivity index (χ0) is 17.8. The number of piperidine rings is 1. The van der Waals surface area contributed by atoms with Crippen LogP contribution in [-0.2, 0) is 6.54 Å². The molecule has 3 heterocycles. The van der Waals surface area contributed by atoms with Crippen LogP contribution in [0.4, 0.5) is 0 Å². The Morgan fingerprint density at radius 3 is 2.46 bits per heavy atom. The summed E-state index contributed by atoms with van der Waals surface area (Å²) >= 11 is 0. The second-order valence-corrected chi connectivity index (χ2v) is 8.20. The van der Waals surface area contributed by atoms with Gasteiger partial charge in [-0.3, -0.25) is 4.98 Å². The van der Waals surface area contributed by atoms with Crippen molar-refractivity contribution in [3.8, 4) is 11.4 Å². The van der Waals surface area contributed by atoms with Crippen molar-refractivity contribution in [3.63, 3.8) is 0 Å². The van der Waals surface area contributed by atoms with Gasteiger partial charge in [0.1, 0.15) is 5.82 Å². The lowest BCUT2D eigenvalue weighted by molar-refractivity contribution is 0.115. The number of likely N-dealkylation sites (tertiary alicyclic amines) is 1. The Hall–Kier alpha value is -1.68. The zero-order valence-electron chi connectivity index (χ0n) is 16.1. The smallest absolute Gasteiger partial charge is 0.141 e. The van der Waals surface area contributed by atoms with Crippen LogP contribution >= 0.6 is 0 Å². The van der Waals surface area contributed by atoms with Crippen molar-refractivity contribution in [2.24, 2.45) is 5.92 Å². The Bertz CT molecular complexity index is 677. The van der Waals surface area contributed by atoms with Crippen molar-refractivity contribution in [2.75, 3.05) is 13.1 Å². The summed E-state index contributed by atoms with van der Waals surface area (Å²) in [4.78, 5) is 11.7. The molecule has 26 heavy (non-hydrogen) atoms. The highest BCUT2D eigenvalue weighted by molar-refractivity contribution is 5.54. The lowest BCUT2D eigenvalue weighted by Gasteiger charge is -2.37. The molecule has 0 bridgehead atoms. The van der Waals surface area contributed by atoms with Gasteiger partial charge < -0.3 is 9.47 Å². The topological polar surface area (TPSA) is 34.0 Å². The lowest BCUT2D eigenvalue weighted by Crippen LogP contribution is -2.42. The molecule has 140 valence electrons. The van der Waals surface area contributed by atoms with E-state index in [1.54, 1.807) is 0 Å². The summed E-state index contributed by atoms with van der Waals surface area (Å²) in [6.45, 7) is 5.83. The first-order valence-electron chi connectivity index (χ1n) is 10.5. The lowest BCUT2D eigenvalue weighted by atomic mass is 9.94. The van der Waals surface area contributed by atoms with E-state index in [1.807, 2.05) is 24.7 Å². The quantitative estimate of drug-likeness (QED) is 0.749. The van der Waals surface area contributed by atoms with Crippen molar-refractivity contribution in [2.45, 2.75) is 70.9 Å². The molecular weight excluding hydrogens is 320 g/mol. The Morgan fingerprint density at radius 2 is 1.77 bits per heavy atom. The predicted octanol–water partition coefficient (Wildman–Crippen LogP) is 4.69. The first-order chi connectivity index (χ1) is 12.8. The summed E-state index contributed by atoms with van der Waals surface area (Å²) in [5, 5.41) is 0. The van der Waals surface area contributed by atoms with Crippen molar-refractivity contribution in [1.82, 2.24) is 19.4 Å². The van der Waals surface area contributed by atoms with Gasteiger partial charge in [-0.1, -0.05) is 25.7 Å². The van der Waals surface area contributed by atoms with Gasteiger partial charge >= 0.3 is 0 Å². The van der Waals surface area contributed by atoms with Crippen LogP contribution in [0.15, 0.2) is 30.7 Å². The summed E-state index contributed by atoms with van der Waals surface area (Å²) in [5.74, 6) is 1.84. The Kier molecular flexibility index (Phi) is 5.68. The molecule has 4 heteroatoms. The second kappa shape index (κ2) is 8.34. The molecule has 0 aromatic carbocycles. The normalized spacial score (nSPS) is 21.0. The standard InChI is InChI=1S/C22H32N4/c1-18-15-24-22(20-7-6-12-23-16-20)26(18)17-19-10-13-25(14-11-19)21-8-4-2-3-5-9-21/h6-7,12,15-16,19,21H,2-5,8-11,13-14,17H2,1H3. The number of imidazole rings is 1. The highest BCUT2D eigenvalue weighted by Crippen LogP contribution is 2.28.